The molecule has 0 radical (unpaired) electrons. The molecule has 1 aliphatic heterocycles. The number of benzene rings is 2. The summed E-state index contributed by atoms with van der Waals surface area (Å²) in [7, 11) is 0. The van der Waals surface area contributed by atoms with Crippen molar-refractivity contribution in [2.45, 2.75) is 32.7 Å². The normalized spacial score (nSPS) is 11.8. The van der Waals surface area contributed by atoms with E-state index in [2.05, 4.69) is 21.2 Å². The van der Waals surface area contributed by atoms with Crippen LogP contribution in [0.1, 0.15) is 42.2 Å². The number of aromatic nitrogens is 1. The van der Waals surface area contributed by atoms with Gasteiger partial charge in [-0.1, -0.05) is 13.0 Å². The first-order chi connectivity index (χ1) is 16.5. The van der Waals surface area contributed by atoms with Crippen LogP contribution >= 0.6 is 0 Å². The molecule has 4 rings (SSSR count). The average Bonchev–Trinajstić information content (AvgIpc) is 3.49. The molecule has 1 aromatic heterocycles. The maximum atomic E-state index is 12.4. The van der Waals surface area contributed by atoms with Crippen molar-refractivity contribution in [1.29, 1.82) is 0 Å². The summed E-state index contributed by atoms with van der Waals surface area (Å²) in [6.45, 7) is 3.14. The molecule has 0 saturated heterocycles. The van der Waals surface area contributed by atoms with Gasteiger partial charge in [-0.05, 0) is 48.4 Å². The predicted octanol–water partition coefficient (Wildman–Crippen LogP) is 2.54. The lowest BCUT2D eigenvalue weighted by Crippen LogP contribution is -2.42. The van der Waals surface area contributed by atoms with Gasteiger partial charge in [-0.25, -0.2) is 0 Å². The van der Waals surface area contributed by atoms with Crippen molar-refractivity contribution in [3.63, 3.8) is 0 Å². The van der Waals surface area contributed by atoms with E-state index in [0.29, 0.717) is 30.3 Å². The molecule has 0 atom stereocenters. The third-order valence-electron chi connectivity index (χ3n) is 5.13. The monoisotopic (exact) mass is 466 g/mol. The number of H-pyrrole nitrogens is 1. The number of hydrogen-bond acceptors (Lipinski definition) is 6. The minimum absolute atomic E-state index is 0.0147. The number of carbonyl (C=O) groups is 3. The van der Waals surface area contributed by atoms with Crippen LogP contribution in [-0.2, 0) is 16.1 Å². The Morgan fingerprint density at radius 1 is 0.971 bits per heavy atom. The molecule has 178 valence electrons. The molecule has 0 saturated carbocycles. The Bertz CT molecular complexity index is 1210. The number of amides is 3. The van der Waals surface area contributed by atoms with E-state index in [0.717, 1.165) is 28.6 Å². The number of hydrogen-bond donors (Lipinski definition) is 4. The number of fused-ring (bicyclic) bond motifs is 2. The molecule has 4 N–H and O–H groups in total. The maximum Gasteiger partial charge on any atom is 0.286 e. The summed E-state index contributed by atoms with van der Waals surface area (Å²) in [6.07, 6.45) is 0.817. The number of carbonyl (C=O) groups excluding carboxylic acids is 3. The highest BCUT2D eigenvalue weighted by Crippen LogP contribution is 2.32. The van der Waals surface area contributed by atoms with Gasteiger partial charge in [-0.2, -0.15) is 0 Å². The van der Waals surface area contributed by atoms with Gasteiger partial charge in [0.2, 0.25) is 18.6 Å². The molecule has 0 aliphatic carbocycles. The minimum Gasteiger partial charge on any atom is -0.494 e. The van der Waals surface area contributed by atoms with E-state index in [1.165, 1.54) is 0 Å². The van der Waals surface area contributed by atoms with Crippen LogP contribution in [0, 0.1) is 0 Å². The van der Waals surface area contributed by atoms with Crippen LogP contribution in [0.5, 0.6) is 17.2 Å². The standard InChI is InChI=1S/C24H26N4O6/c1-2-9-32-17-4-5-18-16(11-17)12-19(26-18)24(31)28-27-23(30)8-7-22(29)25-13-15-3-6-20-21(10-15)34-14-33-20/h3-6,10-12,26H,2,7-9,13-14H2,1H3,(H,25,29)(H,27,30)(H,28,31). The molecule has 0 spiro atoms. The third-order valence-corrected chi connectivity index (χ3v) is 5.13. The molecular weight excluding hydrogens is 440 g/mol. The van der Waals surface area contributed by atoms with Gasteiger partial charge in [0.15, 0.2) is 11.5 Å². The molecule has 2 aromatic carbocycles. The van der Waals surface area contributed by atoms with Crippen LogP contribution < -0.4 is 30.4 Å². The van der Waals surface area contributed by atoms with E-state index in [1.807, 2.05) is 31.2 Å². The van der Waals surface area contributed by atoms with Crippen molar-refractivity contribution < 1.29 is 28.6 Å². The second-order valence-corrected chi connectivity index (χ2v) is 7.75. The summed E-state index contributed by atoms with van der Waals surface area (Å²) in [4.78, 5) is 39.5. The van der Waals surface area contributed by atoms with Gasteiger partial charge in [0, 0.05) is 30.3 Å². The molecule has 34 heavy (non-hydrogen) atoms. The highest BCUT2D eigenvalue weighted by Gasteiger charge is 2.14. The smallest absolute Gasteiger partial charge is 0.286 e. The second kappa shape index (κ2) is 10.6. The van der Waals surface area contributed by atoms with Crippen molar-refractivity contribution in [3.05, 3.63) is 53.7 Å². The van der Waals surface area contributed by atoms with E-state index < -0.39 is 11.8 Å². The quantitative estimate of drug-likeness (QED) is 0.359. The van der Waals surface area contributed by atoms with Crippen molar-refractivity contribution in [3.8, 4) is 17.2 Å². The van der Waals surface area contributed by atoms with Crippen LogP contribution in [0.15, 0.2) is 42.5 Å². The molecule has 10 heteroatoms. The van der Waals surface area contributed by atoms with Gasteiger partial charge in [0.25, 0.3) is 5.91 Å². The summed E-state index contributed by atoms with van der Waals surface area (Å²) >= 11 is 0. The fraction of sp³-hybridized carbons (Fsp3) is 0.292. The molecular formula is C24H26N4O6. The lowest BCUT2D eigenvalue weighted by molar-refractivity contribution is -0.126. The Labute approximate surface area is 195 Å². The fourth-order valence-electron chi connectivity index (χ4n) is 3.37. The molecule has 0 unspecified atom stereocenters. The van der Waals surface area contributed by atoms with Gasteiger partial charge in [0.05, 0.1) is 6.61 Å². The molecule has 2 heterocycles. The Morgan fingerprint density at radius 3 is 2.65 bits per heavy atom. The van der Waals surface area contributed by atoms with E-state index in [4.69, 9.17) is 14.2 Å². The van der Waals surface area contributed by atoms with E-state index in [1.54, 1.807) is 18.2 Å². The van der Waals surface area contributed by atoms with Crippen LogP contribution in [0.4, 0.5) is 0 Å². The number of aromatic amines is 1. The topological polar surface area (TPSA) is 131 Å². The van der Waals surface area contributed by atoms with Crippen LogP contribution in [0.25, 0.3) is 10.9 Å². The summed E-state index contributed by atoms with van der Waals surface area (Å²) in [6, 6.07) is 12.6. The van der Waals surface area contributed by atoms with E-state index in [-0.39, 0.29) is 25.5 Å². The fourth-order valence-corrected chi connectivity index (χ4v) is 3.37. The minimum atomic E-state index is -0.493. The maximum absolute atomic E-state index is 12.4. The zero-order chi connectivity index (χ0) is 23.9. The van der Waals surface area contributed by atoms with Gasteiger partial charge < -0.3 is 24.5 Å². The SMILES string of the molecule is CCCOc1ccc2[nH]c(C(=O)NNC(=O)CCC(=O)NCc3ccc4c(c3)OCO4)cc2c1. The Kier molecular flexibility index (Phi) is 7.16. The molecule has 0 bridgehead atoms. The Hall–Kier alpha value is -4.21. The molecule has 0 fully saturated rings. The molecule has 3 aromatic rings. The second-order valence-electron chi connectivity index (χ2n) is 7.75. The van der Waals surface area contributed by atoms with Gasteiger partial charge in [-0.3, -0.25) is 25.2 Å². The highest BCUT2D eigenvalue weighted by molar-refractivity contribution is 5.99. The van der Waals surface area contributed by atoms with Crippen LogP contribution in [0.3, 0.4) is 0 Å². The van der Waals surface area contributed by atoms with E-state index >= 15 is 0 Å². The number of hydrazine groups is 1. The summed E-state index contributed by atoms with van der Waals surface area (Å²) in [5, 5.41) is 3.57. The molecule has 3 amide bonds. The van der Waals surface area contributed by atoms with Gasteiger partial charge in [-0.15, -0.1) is 0 Å². The van der Waals surface area contributed by atoms with Crippen molar-refractivity contribution in [2.24, 2.45) is 0 Å². The summed E-state index contributed by atoms with van der Waals surface area (Å²) < 4.78 is 16.2. The van der Waals surface area contributed by atoms with Gasteiger partial charge in [0.1, 0.15) is 11.4 Å². The predicted molar refractivity (Wildman–Crippen MR) is 123 cm³/mol. The van der Waals surface area contributed by atoms with Crippen LogP contribution in [-0.4, -0.2) is 36.1 Å². The largest absolute Gasteiger partial charge is 0.494 e. The van der Waals surface area contributed by atoms with Crippen molar-refractivity contribution >= 4 is 28.6 Å². The lowest BCUT2D eigenvalue weighted by atomic mass is 10.2. The first-order valence-electron chi connectivity index (χ1n) is 11.0. The average molecular weight is 466 g/mol. The third kappa shape index (κ3) is 5.77. The number of nitrogens with one attached hydrogen (secondary N) is 4. The first kappa shape index (κ1) is 23.0. The zero-order valence-electron chi connectivity index (χ0n) is 18.7. The van der Waals surface area contributed by atoms with E-state index in [9.17, 15) is 14.4 Å². The molecule has 1 aliphatic rings. The van der Waals surface area contributed by atoms with Crippen molar-refractivity contribution in [1.82, 2.24) is 21.2 Å². The number of ether oxygens (including phenoxy) is 3. The first-order valence-corrected chi connectivity index (χ1v) is 11.0. The Morgan fingerprint density at radius 2 is 1.79 bits per heavy atom. The number of rotatable bonds is 9. The molecule has 10 nitrogen and oxygen atoms in total. The van der Waals surface area contributed by atoms with Crippen LogP contribution in [0.2, 0.25) is 0 Å². The van der Waals surface area contributed by atoms with Gasteiger partial charge >= 0.3 is 0 Å². The highest BCUT2D eigenvalue weighted by atomic mass is 16.7. The lowest BCUT2D eigenvalue weighted by Gasteiger charge is -2.08. The van der Waals surface area contributed by atoms with Crippen molar-refractivity contribution in [2.75, 3.05) is 13.4 Å². The zero-order valence-corrected chi connectivity index (χ0v) is 18.7. The summed E-state index contributed by atoms with van der Waals surface area (Å²) in [5.74, 6) is 0.793. The Balaban J connectivity index is 1.19. The summed E-state index contributed by atoms with van der Waals surface area (Å²) in [5.41, 5.74) is 6.62.